The molecule has 0 amide bonds. The molecule has 1 N–H and O–H groups in total. The molecule has 0 aliphatic heterocycles. The van der Waals surface area contributed by atoms with Crippen LogP contribution in [0.4, 0.5) is 0 Å². The number of esters is 1. The summed E-state index contributed by atoms with van der Waals surface area (Å²) in [5.74, 6) is -1.49. The first-order valence-corrected chi connectivity index (χ1v) is 13.6. The molecule has 0 spiro atoms. The Morgan fingerprint density at radius 2 is 1.22 bits per heavy atom. The predicted octanol–water partition coefficient (Wildman–Crippen LogP) is 8.09. The summed E-state index contributed by atoms with van der Waals surface area (Å²) >= 11 is 0. The summed E-state index contributed by atoms with van der Waals surface area (Å²) in [6.07, 6.45) is 25.7. The van der Waals surface area contributed by atoms with Crippen molar-refractivity contribution in [3.05, 3.63) is 12.2 Å². The first-order chi connectivity index (χ1) is 15.6. The first-order valence-electron chi connectivity index (χ1n) is 13.6. The van der Waals surface area contributed by atoms with E-state index >= 15 is 0 Å². The number of unbranched alkanes of at least 4 members (excludes halogenated alkanes) is 13. The molecule has 1 rings (SSSR count). The molecule has 1 aliphatic carbocycles. The molecule has 0 fully saturated rings. The number of carbonyl (C=O) groups excluding carboxylic acids is 1. The van der Waals surface area contributed by atoms with Crippen LogP contribution in [0, 0.1) is 17.8 Å². The lowest BCUT2D eigenvalue weighted by molar-refractivity contribution is -0.158. The van der Waals surface area contributed by atoms with Crippen LogP contribution in [0.1, 0.15) is 129 Å². The van der Waals surface area contributed by atoms with Crippen molar-refractivity contribution in [2.45, 2.75) is 129 Å². The summed E-state index contributed by atoms with van der Waals surface area (Å²) in [5.41, 5.74) is 0. The Hall–Kier alpha value is -1.32. The molecule has 0 saturated heterocycles. The van der Waals surface area contributed by atoms with Crippen molar-refractivity contribution in [3.63, 3.8) is 0 Å². The molecular weight excluding hydrogens is 400 g/mol. The van der Waals surface area contributed by atoms with E-state index in [0.717, 1.165) is 18.8 Å². The summed E-state index contributed by atoms with van der Waals surface area (Å²) in [6, 6.07) is 0. The fraction of sp³-hybridized carbons (Fsp3) is 0.857. The molecule has 4 heteroatoms. The SMILES string of the molecule is CCC(C)CCCCCCCCCCCCCCCCOC(=O)C1CC=CCC1C(=O)O. The molecule has 4 nitrogen and oxygen atoms in total. The van der Waals surface area contributed by atoms with Crippen LogP contribution in [0.3, 0.4) is 0 Å². The van der Waals surface area contributed by atoms with E-state index in [0.29, 0.717) is 19.4 Å². The zero-order valence-corrected chi connectivity index (χ0v) is 21.0. The van der Waals surface area contributed by atoms with Crippen molar-refractivity contribution in [2.75, 3.05) is 6.61 Å². The van der Waals surface area contributed by atoms with E-state index in [1.807, 2.05) is 12.2 Å². The van der Waals surface area contributed by atoms with Crippen LogP contribution in [0.2, 0.25) is 0 Å². The minimum atomic E-state index is -0.899. The normalized spacial score (nSPS) is 19.1. The van der Waals surface area contributed by atoms with Crippen molar-refractivity contribution in [1.29, 1.82) is 0 Å². The van der Waals surface area contributed by atoms with Gasteiger partial charge in [-0.1, -0.05) is 122 Å². The Kier molecular flexibility index (Phi) is 17.2. The zero-order chi connectivity index (χ0) is 23.4. The van der Waals surface area contributed by atoms with Gasteiger partial charge < -0.3 is 9.84 Å². The number of aliphatic carboxylic acids is 1. The van der Waals surface area contributed by atoms with Crippen LogP contribution in [0.15, 0.2) is 12.2 Å². The maximum absolute atomic E-state index is 12.2. The fourth-order valence-electron chi connectivity index (χ4n) is 4.55. The van der Waals surface area contributed by atoms with E-state index in [-0.39, 0.29) is 5.97 Å². The fourth-order valence-corrected chi connectivity index (χ4v) is 4.55. The molecule has 3 atom stereocenters. The Bertz CT molecular complexity index is 514. The lowest BCUT2D eigenvalue weighted by atomic mass is 9.83. The minimum Gasteiger partial charge on any atom is -0.481 e. The maximum Gasteiger partial charge on any atom is 0.310 e. The molecule has 0 bridgehead atoms. The number of carboxylic acids is 1. The van der Waals surface area contributed by atoms with E-state index in [4.69, 9.17) is 4.74 Å². The average Bonchev–Trinajstić information content (AvgIpc) is 2.80. The molecule has 186 valence electrons. The molecule has 0 aromatic rings. The van der Waals surface area contributed by atoms with Crippen molar-refractivity contribution in [2.24, 2.45) is 17.8 Å². The largest absolute Gasteiger partial charge is 0.481 e. The summed E-state index contributed by atoms with van der Waals surface area (Å²) in [5, 5.41) is 9.25. The van der Waals surface area contributed by atoms with E-state index < -0.39 is 17.8 Å². The Labute approximate surface area is 197 Å². The van der Waals surface area contributed by atoms with Gasteiger partial charge in [-0.15, -0.1) is 0 Å². The van der Waals surface area contributed by atoms with E-state index in [2.05, 4.69) is 13.8 Å². The quantitative estimate of drug-likeness (QED) is 0.116. The molecule has 0 heterocycles. The highest BCUT2D eigenvalue weighted by Gasteiger charge is 2.34. The number of carboxylic acid groups (broad SMARTS) is 1. The molecule has 0 saturated carbocycles. The highest BCUT2D eigenvalue weighted by Crippen LogP contribution is 2.27. The molecule has 0 aromatic heterocycles. The number of carbonyl (C=O) groups is 2. The standard InChI is InChI=1S/C28H50O4/c1-3-24(2)20-16-14-12-10-8-6-4-5-7-9-11-13-15-19-23-32-28(31)26-22-18-17-21-25(26)27(29)30/h17-18,24-26H,3-16,19-23H2,1-2H3,(H,29,30). The van der Waals surface area contributed by atoms with Gasteiger partial charge in [0.1, 0.15) is 0 Å². The van der Waals surface area contributed by atoms with Crippen LogP contribution in [0.25, 0.3) is 0 Å². The molecule has 0 radical (unpaired) electrons. The topological polar surface area (TPSA) is 63.6 Å². The van der Waals surface area contributed by atoms with Gasteiger partial charge in [0.25, 0.3) is 0 Å². The monoisotopic (exact) mass is 450 g/mol. The number of rotatable bonds is 20. The van der Waals surface area contributed by atoms with Gasteiger partial charge in [-0.3, -0.25) is 9.59 Å². The average molecular weight is 451 g/mol. The third-order valence-corrected chi connectivity index (χ3v) is 7.08. The van der Waals surface area contributed by atoms with Crippen LogP contribution >= 0.6 is 0 Å². The van der Waals surface area contributed by atoms with Gasteiger partial charge in [-0.25, -0.2) is 0 Å². The van der Waals surface area contributed by atoms with Crippen LogP contribution in [-0.4, -0.2) is 23.7 Å². The van der Waals surface area contributed by atoms with Gasteiger partial charge in [0.2, 0.25) is 0 Å². The van der Waals surface area contributed by atoms with Gasteiger partial charge in [0.15, 0.2) is 0 Å². The van der Waals surface area contributed by atoms with Crippen molar-refractivity contribution < 1.29 is 19.4 Å². The molecular formula is C28H50O4. The summed E-state index contributed by atoms with van der Waals surface area (Å²) in [6.45, 7) is 5.08. The van der Waals surface area contributed by atoms with E-state index in [1.165, 1.54) is 89.9 Å². The van der Waals surface area contributed by atoms with Gasteiger partial charge in [0.05, 0.1) is 18.4 Å². The lowest BCUT2D eigenvalue weighted by Gasteiger charge is -2.23. The number of hydrogen-bond acceptors (Lipinski definition) is 3. The molecule has 3 unspecified atom stereocenters. The van der Waals surface area contributed by atoms with Crippen molar-refractivity contribution >= 4 is 11.9 Å². The summed E-state index contributed by atoms with van der Waals surface area (Å²) < 4.78 is 5.35. The van der Waals surface area contributed by atoms with Crippen LogP contribution in [-0.2, 0) is 14.3 Å². The van der Waals surface area contributed by atoms with Crippen molar-refractivity contribution in [3.8, 4) is 0 Å². The van der Waals surface area contributed by atoms with Gasteiger partial charge in [-0.05, 0) is 25.2 Å². The maximum atomic E-state index is 12.2. The second kappa shape index (κ2) is 19.2. The Morgan fingerprint density at radius 3 is 1.69 bits per heavy atom. The van der Waals surface area contributed by atoms with Gasteiger partial charge in [-0.2, -0.15) is 0 Å². The van der Waals surface area contributed by atoms with E-state index in [9.17, 15) is 14.7 Å². The highest BCUT2D eigenvalue weighted by atomic mass is 16.5. The molecule has 32 heavy (non-hydrogen) atoms. The third kappa shape index (κ3) is 14.0. The predicted molar refractivity (Wildman–Crippen MR) is 133 cm³/mol. The van der Waals surface area contributed by atoms with Crippen molar-refractivity contribution in [1.82, 2.24) is 0 Å². The van der Waals surface area contributed by atoms with E-state index in [1.54, 1.807) is 0 Å². The number of ether oxygens (including phenoxy) is 1. The highest BCUT2D eigenvalue weighted by molar-refractivity contribution is 5.81. The van der Waals surface area contributed by atoms with Crippen LogP contribution in [0.5, 0.6) is 0 Å². The smallest absolute Gasteiger partial charge is 0.310 e. The Balaban J connectivity index is 1.83. The minimum absolute atomic E-state index is 0.340. The number of allylic oxidation sites excluding steroid dienone is 2. The lowest BCUT2D eigenvalue weighted by Crippen LogP contribution is -2.32. The summed E-state index contributed by atoms with van der Waals surface area (Å²) in [4.78, 5) is 23.5. The summed E-state index contributed by atoms with van der Waals surface area (Å²) in [7, 11) is 0. The second-order valence-electron chi connectivity index (χ2n) is 9.91. The number of hydrogen-bond donors (Lipinski definition) is 1. The van der Waals surface area contributed by atoms with Gasteiger partial charge >= 0.3 is 11.9 Å². The second-order valence-corrected chi connectivity index (χ2v) is 9.91. The third-order valence-electron chi connectivity index (χ3n) is 7.08. The Morgan fingerprint density at radius 1 is 0.781 bits per heavy atom. The molecule has 1 aliphatic rings. The first kappa shape index (κ1) is 28.7. The molecule has 0 aromatic carbocycles. The zero-order valence-electron chi connectivity index (χ0n) is 21.0. The van der Waals surface area contributed by atoms with Gasteiger partial charge in [0, 0.05) is 0 Å². The van der Waals surface area contributed by atoms with Crippen LogP contribution < -0.4 is 0 Å².